The number of carboxylic acids is 2. The van der Waals surface area contributed by atoms with E-state index < -0.39 is 11.9 Å². The van der Waals surface area contributed by atoms with Crippen LogP contribution in [0.25, 0.3) is 0 Å². The van der Waals surface area contributed by atoms with Gasteiger partial charge in [-0.3, -0.25) is 0 Å². The summed E-state index contributed by atoms with van der Waals surface area (Å²) < 4.78 is 0. The van der Waals surface area contributed by atoms with Crippen molar-refractivity contribution in [2.75, 3.05) is 6.61 Å². The Kier molecular flexibility index (Phi) is 18.5. The molecule has 0 aromatic carbocycles. The van der Waals surface area contributed by atoms with Gasteiger partial charge in [0, 0.05) is 17.8 Å². The Balaban J connectivity index is -0.000000187. The fourth-order valence-electron chi connectivity index (χ4n) is 0.362. The summed E-state index contributed by atoms with van der Waals surface area (Å²) in [4.78, 5) is 19.2. The number of aliphatic carboxylic acids is 2. The lowest BCUT2D eigenvalue weighted by atomic mass is 10.3. The van der Waals surface area contributed by atoms with E-state index in [0.29, 0.717) is 6.61 Å². The summed E-state index contributed by atoms with van der Waals surface area (Å²) >= 11 is 0. The van der Waals surface area contributed by atoms with Crippen molar-refractivity contribution in [1.29, 1.82) is 0 Å². The van der Waals surface area contributed by atoms with E-state index in [0.717, 1.165) is 12.8 Å². The maximum absolute atomic E-state index is 9.60. The van der Waals surface area contributed by atoms with Gasteiger partial charge in [0.05, 0.1) is 0 Å². The Morgan fingerprint density at radius 2 is 1.22 bits per heavy atom. The van der Waals surface area contributed by atoms with Gasteiger partial charge in [0.2, 0.25) is 0 Å². The Morgan fingerprint density at radius 1 is 0.944 bits per heavy atom. The van der Waals surface area contributed by atoms with E-state index >= 15 is 0 Å². The Hall–Kier alpha value is -1.62. The van der Waals surface area contributed by atoms with Crippen LogP contribution in [-0.2, 0) is 9.59 Å². The van der Waals surface area contributed by atoms with Crippen molar-refractivity contribution in [3.63, 3.8) is 0 Å². The maximum Gasteiger partial charge on any atom is 0.330 e. The van der Waals surface area contributed by atoms with Crippen LogP contribution < -0.4 is 0 Å². The van der Waals surface area contributed by atoms with Crippen molar-refractivity contribution < 1.29 is 24.9 Å². The van der Waals surface area contributed by atoms with Crippen molar-refractivity contribution in [2.24, 2.45) is 0 Å². The predicted molar refractivity (Wildman–Crippen MR) is 71.5 cm³/mol. The van der Waals surface area contributed by atoms with Crippen LogP contribution in [0.1, 0.15) is 40.0 Å². The van der Waals surface area contributed by atoms with Gasteiger partial charge >= 0.3 is 11.9 Å². The van der Waals surface area contributed by atoms with E-state index in [-0.39, 0.29) is 11.1 Å². The van der Waals surface area contributed by atoms with Gasteiger partial charge in [-0.05, 0) is 20.3 Å². The Bertz CT molecular complexity index is 217. The molecule has 0 aromatic rings. The molecule has 0 heterocycles. The van der Waals surface area contributed by atoms with Crippen LogP contribution in [0.4, 0.5) is 0 Å². The molecule has 0 aliphatic heterocycles. The van der Waals surface area contributed by atoms with Gasteiger partial charge < -0.3 is 15.3 Å². The van der Waals surface area contributed by atoms with Gasteiger partial charge in [0.15, 0.2) is 0 Å². The van der Waals surface area contributed by atoms with Crippen LogP contribution in [0.3, 0.4) is 0 Å². The third-order valence-corrected chi connectivity index (χ3v) is 1.49. The molecule has 18 heavy (non-hydrogen) atoms. The summed E-state index contributed by atoms with van der Waals surface area (Å²) in [5.74, 6) is -1.87. The van der Waals surface area contributed by atoms with E-state index in [1.54, 1.807) is 0 Å². The number of carbonyl (C=O) groups is 2. The zero-order valence-corrected chi connectivity index (χ0v) is 11.4. The summed E-state index contributed by atoms with van der Waals surface area (Å²) in [5.41, 5.74) is 0.352. The number of rotatable bonds is 5. The quantitative estimate of drug-likeness (QED) is 0.521. The van der Waals surface area contributed by atoms with E-state index in [9.17, 15) is 9.59 Å². The smallest absolute Gasteiger partial charge is 0.330 e. The minimum absolute atomic E-state index is 0.176. The van der Waals surface area contributed by atoms with Crippen LogP contribution in [0.5, 0.6) is 0 Å². The van der Waals surface area contributed by atoms with Gasteiger partial charge in [0.1, 0.15) is 0 Å². The number of hydrogen-bond donors (Lipinski definition) is 3. The normalized spacial score (nSPS) is 8.00. The molecule has 0 aliphatic carbocycles. The number of carboxylic acid groups (broad SMARTS) is 2. The zero-order chi connectivity index (χ0) is 15.1. The van der Waals surface area contributed by atoms with Crippen molar-refractivity contribution in [3.8, 4) is 0 Å². The minimum Gasteiger partial charge on any atom is -0.478 e. The molecular formula is C13H24O5. The first-order valence-corrected chi connectivity index (χ1v) is 5.59. The summed E-state index contributed by atoms with van der Waals surface area (Å²) in [5, 5.41) is 24.0. The lowest BCUT2D eigenvalue weighted by Crippen LogP contribution is -1.92. The molecule has 0 radical (unpaired) electrons. The second-order valence-electron chi connectivity index (χ2n) is 3.60. The monoisotopic (exact) mass is 260 g/mol. The van der Waals surface area contributed by atoms with Gasteiger partial charge in [-0.2, -0.15) is 0 Å². The molecule has 5 heteroatoms. The lowest BCUT2D eigenvalue weighted by Gasteiger charge is -1.85. The SMILES string of the molecule is C=C(C)C(=O)O.C=C(C)C(=O)O.CCCCCO. The highest BCUT2D eigenvalue weighted by atomic mass is 16.4. The van der Waals surface area contributed by atoms with Crippen LogP contribution in [-0.4, -0.2) is 33.9 Å². The average Bonchev–Trinajstić information content (AvgIpc) is 2.27. The van der Waals surface area contributed by atoms with E-state index in [2.05, 4.69) is 20.1 Å². The highest BCUT2D eigenvalue weighted by Gasteiger charge is 1.90. The number of aliphatic hydroxyl groups is 1. The topological polar surface area (TPSA) is 94.8 Å². The summed E-state index contributed by atoms with van der Waals surface area (Å²) in [7, 11) is 0. The first-order valence-electron chi connectivity index (χ1n) is 5.59. The van der Waals surface area contributed by atoms with Crippen molar-refractivity contribution in [3.05, 3.63) is 24.3 Å². The molecule has 3 N–H and O–H groups in total. The molecule has 0 aliphatic rings. The van der Waals surface area contributed by atoms with Crippen molar-refractivity contribution >= 4 is 11.9 Å². The van der Waals surface area contributed by atoms with Gasteiger partial charge in [-0.25, -0.2) is 9.59 Å². The Labute approximate surface area is 108 Å². The first kappa shape index (κ1) is 21.6. The zero-order valence-electron chi connectivity index (χ0n) is 11.4. The number of hydrogen-bond acceptors (Lipinski definition) is 3. The third kappa shape index (κ3) is 29.3. The molecule has 0 bridgehead atoms. The molecule has 0 amide bonds. The molecule has 0 rings (SSSR count). The fraction of sp³-hybridized carbons (Fsp3) is 0.538. The molecule has 0 unspecified atom stereocenters. The molecule has 0 fully saturated rings. The summed E-state index contributed by atoms with van der Waals surface area (Å²) in [6.45, 7) is 11.7. The largest absolute Gasteiger partial charge is 0.478 e. The summed E-state index contributed by atoms with van der Waals surface area (Å²) in [6, 6.07) is 0. The molecular weight excluding hydrogens is 236 g/mol. The van der Waals surface area contributed by atoms with E-state index in [1.165, 1.54) is 20.3 Å². The van der Waals surface area contributed by atoms with Gasteiger partial charge in [-0.15, -0.1) is 0 Å². The second kappa shape index (κ2) is 15.4. The molecule has 0 aromatic heterocycles. The highest BCUT2D eigenvalue weighted by Crippen LogP contribution is 1.89. The first-order chi connectivity index (χ1) is 8.20. The standard InChI is InChI=1S/C5H12O.2C4H6O2/c1-2-3-4-5-6;2*1-3(2)4(5)6/h6H,2-5H2,1H3;2*1H2,2H3,(H,5,6). The molecule has 0 spiro atoms. The minimum atomic E-state index is -0.935. The second-order valence-corrected chi connectivity index (χ2v) is 3.60. The summed E-state index contributed by atoms with van der Waals surface area (Å²) in [6.07, 6.45) is 3.33. The third-order valence-electron chi connectivity index (χ3n) is 1.49. The Morgan fingerprint density at radius 3 is 1.28 bits per heavy atom. The molecule has 0 saturated heterocycles. The van der Waals surface area contributed by atoms with Crippen LogP contribution in [0.2, 0.25) is 0 Å². The number of aliphatic hydroxyl groups excluding tert-OH is 1. The van der Waals surface area contributed by atoms with E-state index in [1.807, 2.05) is 0 Å². The molecule has 0 saturated carbocycles. The molecule has 0 atom stereocenters. The van der Waals surface area contributed by atoms with Crippen molar-refractivity contribution in [2.45, 2.75) is 40.0 Å². The van der Waals surface area contributed by atoms with Gasteiger partial charge in [-0.1, -0.05) is 32.9 Å². The van der Waals surface area contributed by atoms with Crippen LogP contribution in [0, 0.1) is 0 Å². The average molecular weight is 260 g/mol. The molecule has 5 nitrogen and oxygen atoms in total. The lowest BCUT2D eigenvalue weighted by molar-refractivity contribution is -0.133. The number of unbranched alkanes of at least 4 members (excludes halogenated alkanes) is 2. The van der Waals surface area contributed by atoms with Crippen LogP contribution >= 0.6 is 0 Å². The van der Waals surface area contributed by atoms with Crippen LogP contribution in [0.15, 0.2) is 24.3 Å². The highest BCUT2D eigenvalue weighted by molar-refractivity contribution is 5.85. The van der Waals surface area contributed by atoms with E-state index in [4.69, 9.17) is 15.3 Å². The maximum atomic E-state index is 9.60. The molecule has 106 valence electrons. The van der Waals surface area contributed by atoms with Gasteiger partial charge in [0.25, 0.3) is 0 Å². The predicted octanol–water partition coefficient (Wildman–Crippen LogP) is 2.46. The van der Waals surface area contributed by atoms with Crippen molar-refractivity contribution in [1.82, 2.24) is 0 Å². The fourth-order valence-corrected chi connectivity index (χ4v) is 0.362.